The Morgan fingerprint density at radius 2 is 1.28 bits per heavy atom. The number of fused-ring (bicyclic) bond motifs is 3. The van der Waals surface area contributed by atoms with Crippen molar-refractivity contribution in [3.05, 3.63) is 88.1 Å². The number of rotatable bonds is 19. The lowest BCUT2D eigenvalue weighted by atomic mass is 9.38. The van der Waals surface area contributed by atoms with Crippen molar-refractivity contribution in [1.82, 2.24) is 0 Å². The van der Waals surface area contributed by atoms with Gasteiger partial charge in [0.2, 0.25) is 32.0 Å². The topological polar surface area (TPSA) is 414 Å². The molecule has 2 saturated heterocycles. The Kier molecular flexibility index (Phi) is 16.4. The van der Waals surface area contributed by atoms with Crippen LogP contribution in [0.2, 0.25) is 0 Å². The van der Waals surface area contributed by atoms with Gasteiger partial charge in [-0.1, -0.05) is 19.9 Å². The third-order valence-electron chi connectivity index (χ3n) is 15.2. The highest BCUT2D eigenvalue weighted by Gasteiger charge is 2.89. The third-order valence-corrected chi connectivity index (χ3v) is 15.2. The Bertz CT molecular complexity index is 2580. The quantitative estimate of drug-likeness (QED) is 0.0658. The van der Waals surface area contributed by atoms with Crippen LogP contribution in [0.1, 0.15) is 91.5 Å². The maximum atomic E-state index is 14.3. The van der Waals surface area contributed by atoms with Gasteiger partial charge in [-0.2, -0.15) is 0 Å². The van der Waals surface area contributed by atoms with Crippen molar-refractivity contribution in [2.75, 3.05) is 32.8 Å². The van der Waals surface area contributed by atoms with E-state index < -0.39 is 184 Å². The molecule has 0 amide bonds. The van der Waals surface area contributed by atoms with E-state index in [1.807, 2.05) is 19.9 Å². The molecule has 75 heavy (non-hydrogen) atoms. The molecule has 13 unspecified atom stereocenters. The fourth-order valence-corrected chi connectivity index (χ4v) is 12.3. The molecular formula is C46H56N4O25. The fraction of sp³-hybridized carbons (Fsp3) is 0.674. The Morgan fingerprint density at radius 3 is 1.79 bits per heavy atom. The summed E-state index contributed by atoms with van der Waals surface area (Å²) in [7, 11) is 0. The van der Waals surface area contributed by atoms with Crippen LogP contribution in [0.4, 0.5) is 0 Å². The lowest BCUT2D eigenvalue weighted by Crippen LogP contribution is -2.70. The summed E-state index contributed by atoms with van der Waals surface area (Å²) in [5.74, 6) is -6.90. The summed E-state index contributed by atoms with van der Waals surface area (Å²) in [6.45, 7) is 6.35. The number of ketones is 2. The Labute approximate surface area is 424 Å². The molecule has 6 aliphatic rings. The number of hydrogen-bond acceptors (Lipinski definition) is 25. The average molecular weight is 1060 g/mol. The third kappa shape index (κ3) is 10.8. The van der Waals surface area contributed by atoms with E-state index in [0.717, 1.165) is 5.56 Å². The zero-order valence-corrected chi connectivity index (χ0v) is 41.4. The number of allylic oxidation sites excluding steroid dienone is 4. The second-order valence-corrected chi connectivity index (χ2v) is 20.1. The van der Waals surface area contributed by atoms with E-state index in [9.17, 15) is 84.2 Å². The number of carbonyl (C=O) groups excluding carboxylic acids is 7. The number of aliphatic hydroxyl groups is 2. The van der Waals surface area contributed by atoms with Crippen molar-refractivity contribution in [2.24, 2.45) is 27.6 Å². The summed E-state index contributed by atoms with van der Waals surface area (Å²) in [5.41, 5.74) is -3.06. The number of aliphatic hydroxyl groups excluding tert-OH is 2. The molecule has 29 heteroatoms. The molecule has 0 bridgehead atoms. The number of nitro groups is 4. The maximum absolute atomic E-state index is 14.3. The van der Waals surface area contributed by atoms with Gasteiger partial charge in [-0.15, -0.1) is 0 Å². The molecule has 13 atom stereocenters. The van der Waals surface area contributed by atoms with Gasteiger partial charge in [0.15, 0.2) is 36.1 Å². The van der Waals surface area contributed by atoms with Crippen molar-refractivity contribution in [3.63, 3.8) is 0 Å². The molecular weight excluding hydrogens is 1010 g/mol. The lowest BCUT2D eigenvalue weighted by molar-refractivity contribution is -0.479. The molecule has 2 N–H and O–H groups in total. The van der Waals surface area contributed by atoms with Crippen LogP contribution in [-0.4, -0.2) is 153 Å². The molecule has 0 radical (unpaired) electrons. The van der Waals surface area contributed by atoms with E-state index in [1.165, 1.54) is 6.92 Å². The molecule has 410 valence electrons. The van der Waals surface area contributed by atoms with Gasteiger partial charge in [-0.25, -0.2) is 0 Å². The first-order valence-corrected chi connectivity index (χ1v) is 23.6. The number of carbonyl (C=O) groups is 7. The van der Waals surface area contributed by atoms with E-state index in [-0.39, 0.29) is 23.6 Å². The SMILES string of the molecule is CC(=O)OC1CC2(C)C(c3ccoc3)CC3OC32C2(C)C(=O)C(O)=C3C(C)(C)C(=O)C=CC3(C)C12.O=C(CC[N+](=O)[O-])OCC1OC(O)C(OC(=O)CC[N+](=O)[O-])C(OC(=O)CC[N+](=O)[O-])C1OC(=O)CC[N+](=O)[O-]. The first-order valence-electron chi connectivity index (χ1n) is 23.6. The monoisotopic (exact) mass is 1060 g/mol. The van der Waals surface area contributed by atoms with E-state index in [2.05, 4.69) is 6.92 Å². The van der Waals surface area contributed by atoms with Crippen molar-refractivity contribution >= 4 is 41.4 Å². The average Bonchev–Trinajstić information content (AvgIpc) is 3.68. The minimum absolute atomic E-state index is 0.0453. The Hall–Kier alpha value is -7.27. The van der Waals surface area contributed by atoms with Gasteiger partial charge >= 0.3 is 29.8 Å². The summed E-state index contributed by atoms with van der Waals surface area (Å²) in [4.78, 5) is 127. The standard InChI is InChI=1S/C28H32O7.C18H24N4O18/c1-14(29)34-17-12-26(5)16(15-8-10-33-13-15)11-19-28(26,35-19)27(6)21(17)25(4)9-7-18(30)24(2,3)22(25)20(31)23(27)32;23-11(1-5-19(28)29)36-9-10-15(38-12(24)2-6-20(30)31)16(39-13(25)3-7-21(32)33)17(18(27)37-10)40-14(26)4-8-22(34)35/h7-10,13,16-17,19,21,31H,11-12H2,1-6H3;10,15-18,27H,1-9H2. The molecule has 4 aliphatic carbocycles. The number of ether oxygens (including phenoxy) is 7. The van der Waals surface area contributed by atoms with E-state index in [4.69, 9.17) is 37.6 Å². The number of Topliss-reactive ketones (excluding diaryl/α,β-unsaturated/α-hetero) is 1. The van der Waals surface area contributed by atoms with Crippen LogP contribution >= 0.6 is 0 Å². The van der Waals surface area contributed by atoms with E-state index in [0.29, 0.717) is 18.4 Å². The minimum Gasteiger partial charge on any atom is -0.504 e. The van der Waals surface area contributed by atoms with Gasteiger partial charge in [0.1, 0.15) is 50.1 Å². The molecule has 0 aromatic carbocycles. The van der Waals surface area contributed by atoms with Crippen molar-refractivity contribution in [1.29, 1.82) is 0 Å². The van der Waals surface area contributed by atoms with Gasteiger partial charge in [0.05, 0.1) is 29.5 Å². The number of esters is 5. The molecule has 3 heterocycles. The van der Waals surface area contributed by atoms with Crippen molar-refractivity contribution in [3.8, 4) is 0 Å². The maximum Gasteiger partial charge on any atom is 0.313 e. The highest BCUT2D eigenvalue weighted by molar-refractivity contribution is 6.06. The zero-order chi connectivity index (χ0) is 55.7. The van der Waals surface area contributed by atoms with E-state index >= 15 is 0 Å². The number of hydrogen-bond donors (Lipinski definition) is 2. The molecule has 1 spiro atoms. The molecule has 2 saturated carbocycles. The Morgan fingerprint density at radius 1 is 0.760 bits per heavy atom. The molecule has 1 aromatic rings. The van der Waals surface area contributed by atoms with Crippen LogP contribution in [0.25, 0.3) is 0 Å². The number of epoxide rings is 1. The Balaban J connectivity index is 0.000000245. The van der Waals surface area contributed by atoms with Gasteiger partial charge in [-0.3, -0.25) is 74.0 Å². The van der Waals surface area contributed by atoms with Crippen LogP contribution < -0.4 is 0 Å². The summed E-state index contributed by atoms with van der Waals surface area (Å²) < 4.78 is 43.0. The highest BCUT2D eigenvalue weighted by atomic mass is 16.7. The largest absolute Gasteiger partial charge is 0.504 e. The fourth-order valence-electron chi connectivity index (χ4n) is 12.3. The van der Waals surface area contributed by atoms with Crippen LogP contribution in [0.5, 0.6) is 0 Å². The second-order valence-electron chi connectivity index (χ2n) is 20.1. The van der Waals surface area contributed by atoms with Gasteiger partial charge < -0.3 is 47.8 Å². The van der Waals surface area contributed by atoms with Crippen LogP contribution in [0.3, 0.4) is 0 Å². The summed E-state index contributed by atoms with van der Waals surface area (Å²) in [5, 5.41) is 64.2. The second kappa shape index (κ2) is 21.5. The van der Waals surface area contributed by atoms with Crippen molar-refractivity contribution in [2.45, 2.75) is 135 Å². The zero-order valence-electron chi connectivity index (χ0n) is 41.4. The predicted molar refractivity (Wildman–Crippen MR) is 242 cm³/mol. The van der Waals surface area contributed by atoms with Crippen LogP contribution in [-0.2, 0) is 66.7 Å². The summed E-state index contributed by atoms with van der Waals surface area (Å²) in [6.07, 6.45) is -6.00. The number of nitrogens with zero attached hydrogens (tertiary/aromatic N) is 4. The summed E-state index contributed by atoms with van der Waals surface area (Å²) in [6, 6.07) is 1.95. The molecule has 1 aromatic heterocycles. The first-order chi connectivity index (χ1) is 35.0. The highest BCUT2D eigenvalue weighted by Crippen LogP contribution is 2.81. The smallest absolute Gasteiger partial charge is 0.313 e. The van der Waals surface area contributed by atoms with E-state index in [1.54, 1.807) is 38.5 Å². The molecule has 29 nitrogen and oxygen atoms in total. The van der Waals surface area contributed by atoms with Gasteiger partial charge in [0, 0.05) is 43.4 Å². The lowest BCUT2D eigenvalue weighted by Gasteiger charge is -2.64. The van der Waals surface area contributed by atoms with Crippen molar-refractivity contribution < 1.29 is 101 Å². The molecule has 2 aliphatic heterocycles. The number of furan rings is 1. The van der Waals surface area contributed by atoms with Gasteiger partial charge in [0.25, 0.3) is 0 Å². The summed E-state index contributed by atoms with van der Waals surface area (Å²) >= 11 is 0. The minimum atomic E-state index is -2.22. The normalized spacial score (nSPS) is 33.6. The van der Waals surface area contributed by atoms with Gasteiger partial charge in [-0.05, 0) is 62.8 Å². The first kappa shape index (κ1) is 57.0. The molecule has 7 rings (SSSR count). The van der Waals surface area contributed by atoms with Crippen LogP contribution in [0.15, 0.2) is 46.5 Å². The van der Waals surface area contributed by atoms with Crippen LogP contribution in [0, 0.1) is 68.0 Å². The molecule has 4 fully saturated rings. The predicted octanol–water partition coefficient (Wildman–Crippen LogP) is 2.08.